The molecule has 1 aliphatic rings. The van der Waals surface area contributed by atoms with Crippen molar-refractivity contribution in [2.24, 2.45) is 0 Å². The van der Waals surface area contributed by atoms with Gasteiger partial charge in [-0.2, -0.15) is 23.8 Å². The predicted octanol–water partition coefficient (Wildman–Crippen LogP) is 4.30. The zero-order valence-corrected chi connectivity index (χ0v) is 15.8. The monoisotopic (exact) mass is 493 g/mol. The van der Waals surface area contributed by atoms with Crippen LogP contribution in [-0.2, 0) is 20.1 Å². The van der Waals surface area contributed by atoms with E-state index in [9.17, 15) is 0 Å². The Bertz CT molecular complexity index is 760. The molecule has 0 atom stereocenters. The number of hydrogen-bond donors (Lipinski definition) is 0. The van der Waals surface area contributed by atoms with Crippen LogP contribution in [0.3, 0.4) is 0 Å². The van der Waals surface area contributed by atoms with E-state index in [0.29, 0.717) is 0 Å². The molecule has 5 heteroatoms. The molecule has 0 fully saturated rings. The van der Waals surface area contributed by atoms with E-state index in [4.69, 9.17) is 0 Å². The Labute approximate surface area is 155 Å². The number of hydrogen-bond acceptors (Lipinski definition) is 4. The second kappa shape index (κ2) is 6.71. The molecule has 0 unspecified atom stereocenters. The van der Waals surface area contributed by atoms with Gasteiger partial charge in [-0.25, -0.2) is 9.97 Å². The summed E-state index contributed by atoms with van der Waals surface area (Å²) in [6.07, 6.45) is 3.43. The van der Waals surface area contributed by atoms with Gasteiger partial charge in [0.25, 0.3) is 0 Å². The van der Waals surface area contributed by atoms with Gasteiger partial charge in [0.1, 0.15) is 11.6 Å². The Morgan fingerprint density at radius 2 is 1.46 bits per heavy atom. The van der Waals surface area contributed by atoms with Gasteiger partial charge in [0.2, 0.25) is 0 Å². The minimum absolute atomic E-state index is 0. The maximum absolute atomic E-state index is 4.51. The first-order valence-electron chi connectivity index (χ1n) is 7.52. The summed E-state index contributed by atoms with van der Waals surface area (Å²) >= 11 is 0. The summed E-state index contributed by atoms with van der Waals surface area (Å²) in [5, 5.41) is 0. The van der Waals surface area contributed by atoms with Crippen LogP contribution in [-0.4, -0.2) is 9.97 Å². The van der Waals surface area contributed by atoms with E-state index in [0.717, 1.165) is 23.0 Å². The van der Waals surface area contributed by atoms with Crippen molar-refractivity contribution < 1.29 is 20.1 Å². The fourth-order valence-corrected chi connectivity index (χ4v) is 2.60. The molecule has 4 nitrogen and oxygen atoms in total. The fraction of sp³-hybridized carbons (Fsp3) is 0.105. The van der Waals surface area contributed by atoms with E-state index >= 15 is 0 Å². The van der Waals surface area contributed by atoms with E-state index in [-0.39, 0.29) is 20.1 Å². The first-order chi connectivity index (χ1) is 11.2. The first-order valence-corrected chi connectivity index (χ1v) is 7.52. The molecule has 0 spiro atoms. The number of aromatic nitrogens is 2. The Kier molecular flexibility index (Phi) is 4.65. The summed E-state index contributed by atoms with van der Waals surface area (Å²) in [5.41, 5.74) is 4.43. The van der Waals surface area contributed by atoms with Crippen LogP contribution < -0.4 is 9.80 Å². The second-order valence-electron chi connectivity index (χ2n) is 5.65. The molecule has 4 rings (SSSR count). The standard InChI is InChI=1S/C19H16N4.Ir/c1-14-3-7-16(8-4-14)22-13-23(17-9-5-15(2)6-10-17)19-18(22)20-11-12-21-19;/h3-9,11-13H,1-2H3;/q-2;. The number of aryl methyl sites for hydroxylation is 2. The van der Waals surface area contributed by atoms with Crippen LogP contribution in [0.5, 0.6) is 0 Å². The zero-order valence-electron chi connectivity index (χ0n) is 13.4. The van der Waals surface area contributed by atoms with E-state index in [1.165, 1.54) is 11.1 Å². The second-order valence-corrected chi connectivity index (χ2v) is 5.65. The Morgan fingerprint density at radius 1 is 0.833 bits per heavy atom. The zero-order chi connectivity index (χ0) is 15.8. The van der Waals surface area contributed by atoms with Crippen molar-refractivity contribution in [1.29, 1.82) is 0 Å². The average Bonchev–Trinajstić information content (AvgIpc) is 2.96. The quantitative estimate of drug-likeness (QED) is 0.500. The molecule has 0 saturated heterocycles. The Hall–Kier alpha value is -2.23. The van der Waals surface area contributed by atoms with Crippen LogP contribution in [0.2, 0.25) is 0 Å². The maximum Gasteiger partial charge on any atom is 0.145 e. The molecule has 0 N–H and O–H groups in total. The third kappa shape index (κ3) is 2.93. The van der Waals surface area contributed by atoms with Crippen LogP contribution in [0.1, 0.15) is 11.1 Å². The molecular weight excluding hydrogens is 476 g/mol. The molecule has 123 valence electrons. The van der Waals surface area contributed by atoms with Crippen LogP contribution in [0, 0.1) is 26.6 Å². The van der Waals surface area contributed by atoms with Gasteiger partial charge in [0.05, 0.1) is 0 Å². The van der Waals surface area contributed by atoms with E-state index in [1.807, 2.05) is 23.7 Å². The number of benzene rings is 2. The molecule has 3 aromatic rings. The van der Waals surface area contributed by atoms with Gasteiger partial charge in [0.15, 0.2) is 0 Å². The normalized spacial score (nSPS) is 12.8. The molecule has 0 saturated carbocycles. The topological polar surface area (TPSA) is 32.3 Å². The smallest absolute Gasteiger partial charge is 0.145 e. The van der Waals surface area contributed by atoms with Gasteiger partial charge in [-0.3, -0.25) is 0 Å². The fourth-order valence-electron chi connectivity index (χ4n) is 2.60. The molecule has 0 aliphatic carbocycles. The van der Waals surface area contributed by atoms with Gasteiger partial charge in [0, 0.05) is 38.2 Å². The molecule has 0 bridgehead atoms. The largest absolute Gasteiger partial charge is 0.477 e. The molecule has 0 amide bonds. The van der Waals surface area contributed by atoms with E-state index in [1.54, 1.807) is 12.4 Å². The van der Waals surface area contributed by atoms with E-state index < -0.39 is 0 Å². The Balaban J connectivity index is 0.00000169. The van der Waals surface area contributed by atoms with Crippen LogP contribution in [0.4, 0.5) is 23.0 Å². The predicted molar refractivity (Wildman–Crippen MR) is 91.8 cm³/mol. The van der Waals surface area contributed by atoms with Crippen LogP contribution >= 0.6 is 0 Å². The van der Waals surface area contributed by atoms with Crippen molar-refractivity contribution in [2.45, 2.75) is 13.8 Å². The molecule has 2 aromatic carbocycles. The minimum Gasteiger partial charge on any atom is -0.477 e. The van der Waals surface area contributed by atoms with Crippen molar-refractivity contribution in [3.63, 3.8) is 0 Å². The minimum atomic E-state index is 0. The van der Waals surface area contributed by atoms with Crippen molar-refractivity contribution in [3.05, 3.63) is 78.7 Å². The van der Waals surface area contributed by atoms with Crippen molar-refractivity contribution in [3.8, 4) is 0 Å². The Morgan fingerprint density at radius 3 is 2.08 bits per heavy atom. The summed E-state index contributed by atoms with van der Waals surface area (Å²) in [7, 11) is 0. The van der Waals surface area contributed by atoms with Gasteiger partial charge < -0.3 is 9.80 Å². The third-order valence-electron chi connectivity index (χ3n) is 3.87. The molecule has 2 heterocycles. The number of fused-ring (bicyclic) bond motifs is 1. The van der Waals surface area contributed by atoms with Gasteiger partial charge in [-0.15, -0.1) is 18.4 Å². The van der Waals surface area contributed by atoms with Gasteiger partial charge in [-0.1, -0.05) is 24.6 Å². The van der Waals surface area contributed by atoms with Crippen LogP contribution in [0.25, 0.3) is 0 Å². The summed E-state index contributed by atoms with van der Waals surface area (Å²) in [4.78, 5) is 13.1. The van der Waals surface area contributed by atoms with Crippen molar-refractivity contribution in [2.75, 3.05) is 9.80 Å². The number of rotatable bonds is 2. The van der Waals surface area contributed by atoms with Crippen molar-refractivity contribution >= 4 is 23.0 Å². The summed E-state index contributed by atoms with van der Waals surface area (Å²) < 4.78 is 0. The van der Waals surface area contributed by atoms with Crippen LogP contribution in [0.15, 0.2) is 54.9 Å². The average molecular weight is 493 g/mol. The number of nitrogens with zero attached hydrogens (tertiary/aromatic N) is 4. The SMILES string of the molecule is Cc1c[c-]c(N2[CH-]N(c3ccc(C)cc3)c3nccnc32)cc1.[Ir]. The molecule has 1 radical (unpaired) electrons. The molecule has 1 aromatic heterocycles. The summed E-state index contributed by atoms with van der Waals surface area (Å²) in [6.45, 7) is 6.15. The molecule has 24 heavy (non-hydrogen) atoms. The van der Waals surface area contributed by atoms with Gasteiger partial charge >= 0.3 is 0 Å². The third-order valence-corrected chi connectivity index (χ3v) is 3.87. The van der Waals surface area contributed by atoms with Gasteiger partial charge in [-0.05, 0) is 19.1 Å². The summed E-state index contributed by atoms with van der Waals surface area (Å²) in [6, 6.07) is 17.8. The number of anilines is 4. The maximum atomic E-state index is 4.51. The van der Waals surface area contributed by atoms with E-state index in [2.05, 4.69) is 65.1 Å². The summed E-state index contributed by atoms with van der Waals surface area (Å²) in [5.74, 6) is 1.64. The molecule has 1 aliphatic heterocycles. The van der Waals surface area contributed by atoms with Crippen molar-refractivity contribution in [1.82, 2.24) is 9.97 Å². The first kappa shape index (κ1) is 16.6. The molecular formula is C19H16IrN4-2.